The topological polar surface area (TPSA) is 117 Å². The van der Waals surface area contributed by atoms with Crippen LogP contribution in [0.3, 0.4) is 0 Å². The molecule has 2 aromatic carbocycles. The van der Waals surface area contributed by atoms with Crippen molar-refractivity contribution in [2.75, 3.05) is 23.9 Å². The molecule has 1 fully saturated rings. The van der Waals surface area contributed by atoms with E-state index >= 15 is 0 Å². The van der Waals surface area contributed by atoms with Crippen LogP contribution in [0.15, 0.2) is 77.3 Å². The highest BCUT2D eigenvalue weighted by Crippen LogP contribution is 2.44. The van der Waals surface area contributed by atoms with E-state index in [0.717, 1.165) is 16.8 Å². The normalized spacial score (nSPS) is 16.6. The molecule has 2 atom stereocenters. The maximum atomic E-state index is 12.0. The first-order valence-corrected chi connectivity index (χ1v) is 13.1. The number of carboxylic acids is 1. The van der Waals surface area contributed by atoms with Crippen molar-refractivity contribution in [2.24, 2.45) is 0 Å². The molecule has 40 heavy (non-hydrogen) atoms. The largest absolute Gasteiger partial charge is 0.478 e. The number of aromatic carboxylic acids is 1. The number of carbonyl (C=O) groups excluding carboxylic acids is 1. The number of hydrogen-bond donors (Lipinski definition) is 3. The number of pyridine rings is 1. The molecule has 3 N–H and O–H groups in total. The third-order valence-electron chi connectivity index (χ3n) is 6.54. The highest BCUT2D eigenvalue weighted by Gasteiger charge is 2.42. The van der Waals surface area contributed by atoms with Crippen molar-refractivity contribution in [3.05, 3.63) is 101 Å². The first-order valence-electron chi connectivity index (χ1n) is 12.3. The number of carbonyl (C=O) groups is 2. The predicted molar refractivity (Wildman–Crippen MR) is 156 cm³/mol. The van der Waals surface area contributed by atoms with Gasteiger partial charge in [0.2, 0.25) is 5.91 Å². The number of anilines is 2. The maximum Gasteiger partial charge on any atom is 0.335 e. The average Bonchev–Trinajstić information content (AvgIpc) is 3.55. The molecule has 0 bridgehead atoms. The van der Waals surface area contributed by atoms with Gasteiger partial charge >= 0.3 is 5.97 Å². The minimum absolute atomic E-state index is 0.0919. The van der Waals surface area contributed by atoms with Gasteiger partial charge in [-0.3, -0.25) is 9.78 Å². The molecule has 2 aromatic heterocycles. The zero-order valence-corrected chi connectivity index (χ0v) is 23.1. The van der Waals surface area contributed by atoms with Gasteiger partial charge in [0.05, 0.1) is 28.0 Å². The summed E-state index contributed by atoms with van der Waals surface area (Å²) in [6.07, 6.45) is 1.72. The van der Waals surface area contributed by atoms with E-state index in [0.29, 0.717) is 33.0 Å². The monoisotopic (exact) mass is 576 g/mol. The van der Waals surface area contributed by atoms with E-state index in [1.165, 1.54) is 7.11 Å². The molecule has 204 valence electrons. The second kappa shape index (κ2) is 11.5. The van der Waals surface area contributed by atoms with Crippen LogP contribution in [0.25, 0.3) is 11.3 Å². The van der Waals surface area contributed by atoms with Gasteiger partial charge in [0.15, 0.2) is 5.11 Å². The molecule has 1 amide bonds. The van der Waals surface area contributed by atoms with Gasteiger partial charge in [0, 0.05) is 24.6 Å². The Kier molecular flexibility index (Phi) is 7.83. The third-order valence-corrected chi connectivity index (χ3v) is 7.16. The Hall–Kier alpha value is -4.25. The molecule has 4 aromatic rings. The van der Waals surface area contributed by atoms with Crippen LogP contribution in [0.4, 0.5) is 11.4 Å². The van der Waals surface area contributed by atoms with Crippen LogP contribution >= 0.6 is 23.8 Å². The molecule has 9 nitrogen and oxygen atoms in total. The van der Waals surface area contributed by atoms with E-state index < -0.39 is 12.0 Å². The lowest BCUT2D eigenvalue weighted by atomic mass is 10.0. The van der Waals surface area contributed by atoms with Gasteiger partial charge in [-0.25, -0.2) is 4.79 Å². The molecule has 11 heteroatoms. The van der Waals surface area contributed by atoms with Crippen molar-refractivity contribution in [2.45, 2.75) is 19.0 Å². The van der Waals surface area contributed by atoms with E-state index in [1.54, 1.807) is 36.5 Å². The summed E-state index contributed by atoms with van der Waals surface area (Å²) in [7, 11) is 1.44. The number of aryl methyl sites for hydroxylation is 1. The number of amides is 1. The molecule has 5 rings (SSSR count). The molecule has 0 aliphatic carbocycles. The Morgan fingerprint density at radius 1 is 1.18 bits per heavy atom. The van der Waals surface area contributed by atoms with E-state index in [-0.39, 0.29) is 24.1 Å². The zero-order chi connectivity index (χ0) is 28.4. The van der Waals surface area contributed by atoms with E-state index in [9.17, 15) is 14.7 Å². The number of nitrogens with one attached hydrogen (secondary N) is 2. The predicted octanol–water partition coefficient (Wildman–Crippen LogP) is 5.76. The Bertz CT molecular complexity index is 1590. The van der Waals surface area contributed by atoms with Crippen LogP contribution in [0, 0.1) is 6.92 Å². The summed E-state index contributed by atoms with van der Waals surface area (Å²) in [4.78, 5) is 29.9. The molecule has 1 aliphatic rings. The number of methoxy groups -OCH3 is 1. The molecular weight excluding hydrogens is 552 g/mol. The summed E-state index contributed by atoms with van der Waals surface area (Å²) < 4.78 is 11.3. The van der Waals surface area contributed by atoms with Crippen molar-refractivity contribution < 1.29 is 23.8 Å². The van der Waals surface area contributed by atoms with Crippen molar-refractivity contribution in [1.29, 1.82) is 0 Å². The Balaban J connectivity index is 1.54. The third kappa shape index (κ3) is 5.42. The Labute approximate surface area is 240 Å². The number of carboxylic acid groups (broad SMARTS) is 1. The first kappa shape index (κ1) is 27.3. The Morgan fingerprint density at radius 2 is 2.00 bits per heavy atom. The summed E-state index contributed by atoms with van der Waals surface area (Å²) in [5.74, 6) is -0.0972. The fourth-order valence-corrected chi connectivity index (χ4v) is 5.29. The van der Waals surface area contributed by atoms with E-state index in [4.69, 9.17) is 33.0 Å². The van der Waals surface area contributed by atoms with Gasteiger partial charge in [0.1, 0.15) is 24.2 Å². The SMILES string of the molecule is COCC(=O)Nc1ccc(N2C(=S)N[C@H](c3ccccn3)[C@H]2c2ccc(-c3ccc(C(=O)O)cc3C)o2)cc1Cl. The van der Waals surface area contributed by atoms with Gasteiger partial charge in [-0.1, -0.05) is 23.7 Å². The molecule has 1 aliphatic heterocycles. The smallest absolute Gasteiger partial charge is 0.335 e. The molecule has 0 unspecified atom stereocenters. The number of aromatic nitrogens is 1. The average molecular weight is 577 g/mol. The fourth-order valence-electron chi connectivity index (χ4n) is 4.72. The van der Waals surface area contributed by atoms with Crippen molar-refractivity contribution in [3.63, 3.8) is 0 Å². The van der Waals surface area contributed by atoms with Crippen LogP contribution < -0.4 is 15.5 Å². The van der Waals surface area contributed by atoms with Gasteiger partial charge in [-0.2, -0.15) is 0 Å². The highest BCUT2D eigenvalue weighted by molar-refractivity contribution is 7.80. The molecule has 0 spiro atoms. The number of furan rings is 1. The van der Waals surface area contributed by atoms with Crippen LogP contribution in [-0.4, -0.2) is 40.8 Å². The number of ether oxygens (including phenoxy) is 1. The first-order chi connectivity index (χ1) is 19.3. The van der Waals surface area contributed by atoms with Gasteiger partial charge in [-0.05, 0) is 79.3 Å². The summed E-state index contributed by atoms with van der Waals surface area (Å²) in [6.45, 7) is 1.75. The number of hydrogen-bond acceptors (Lipinski definition) is 6. The molecule has 3 heterocycles. The number of benzene rings is 2. The second-order valence-corrected chi connectivity index (χ2v) is 9.97. The maximum absolute atomic E-state index is 12.0. The Morgan fingerprint density at radius 3 is 2.67 bits per heavy atom. The number of halogens is 1. The summed E-state index contributed by atoms with van der Waals surface area (Å²) in [6, 6.07) is 18.8. The van der Waals surface area contributed by atoms with Crippen molar-refractivity contribution in [3.8, 4) is 11.3 Å². The quantitative estimate of drug-likeness (QED) is 0.225. The minimum Gasteiger partial charge on any atom is -0.478 e. The van der Waals surface area contributed by atoms with Crippen LogP contribution in [0.1, 0.15) is 39.5 Å². The number of rotatable bonds is 8. The number of thiocarbonyl (C=S) groups is 1. The van der Waals surface area contributed by atoms with Gasteiger partial charge in [-0.15, -0.1) is 0 Å². The zero-order valence-electron chi connectivity index (χ0n) is 21.6. The number of nitrogens with zero attached hydrogens (tertiary/aromatic N) is 2. The summed E-state index contributed by atoms with van der Waals surface area (Å²) in [5.41, 5.74) is 3.67. The standard InChI is InChI=1S/C29H25ClN4O5S/c1-16-13-17(28(36)37)6-8-19(16)23-10-11-24(39-23)27-26(22-5-3-4-12-31-22)33-29(40)34(27)18-7-9-21(20(30)14-18)32-25(35)15-38-2/h3-14,26-27H,15H2,1-2H3,(H,32,35)(H,33,40)(H,36,37)/t26-,27-/m1/s1. The second-order valence-electron chi connectivity index (χ2n) is 9.18. The van der Waals surface area contributed by atoms with Crippen LogP contribution in [0.5, 0.6) is 0 Å². The molecule has 0 saturated carbocycles. The minimum atomic E-state index is -0.989. The van der Waals surface area contributed by atoms with E-state index in [2.05, 4.69) is 15.6 Å². The summed E-state index contributed by atoms with van der Waals surface area (Å²) >= 11 is 12.3. The lowest BCUT2D eigenvalue weighted by Crippen LogP contribution is -2.29. The van der Waals surface area contributed by atoms with E-state index in [1.807, 2.05) is 48.2 Å². The lowest BCUT2D eigenvalue weighted by molar-refractivity contribution is -0.119. The highest BCUT2D eigenvalue weighted by atomic mass is 35.5. The molecule has 1 saturated heterocycles. The van der Waals surface area contributed by atoms with Crippen LogP contribution in [-0.2, 0) is 9.53 Å². The molecular formula is C29H25ClN4O5S. The van der Waals surface area contributed by atoms with Gasteiger partial charge in [0.25, 0.3) is 0 Å². The van der Waals surface area contributed by atoms with Crippen LogP contribution in [0.2, 0.25) is 5.02 Å². The molecule has 0 radical (unpaired) electrons. The van der Waals surface area contributed by atoms with Crippen molar-refractivity contribution >= 4 is 52.2 Å². The summed E-state index contributed by atoms with van der Waals surface area (Å²) in [5, 5.41) is 16.2. The fraction of sp³-hybridized carbons (Fsp3) is 0.172. The van der Waals surface area contributed by atoms with Crippen molar-refractivity contribution in [1.82, 2.24) is 10.3 Å². The van der Waals surface area contributed by atoms with Gasteiger partial charge < -0.3 is 29.8 Å². The lowest BCUT2D eigenvalue weighted by Gasteiger charge is -2.26.